The van der Waals surface area contributed by atoms with Crippen molar-refractivity contribution in [3.63, 3.8) is 0 Å². The number of rotatable bonds is 3. The molecule has 0 bridgehead atoms. The summed E-state index contributed by atoms with van der Waals surface area (Å²) in [7, 11) is 1.22. The monoisotopic (exact) mass is 260 g/mol. The smallest absolute Gasteiger partial charge is 0.320 e. The molecule has 0 saturated heterocycles. The summed E-state index contributed by atoms with van der Waals surface area (Å²) in [6.45, 7) is 1.31. The Bertz CT molecular complexity index is 429. The van der Waals surface area contributed by atoms with Crippen LogP contribution in [0.15, 0.2) is 18.2 Å². The molecule has 0 amide bonds. The standard InChI is InChI=1S/C11H10Cl2O3/c1-6(14)10(11(15)16-2)8-4-3-7(12)5-9(8)13/h3-5,10H,1-2H3. The number of hydrogen-bond acceptors (Lipinski definition) is 3. The van der Waals surface area contributed by atoms with Crippen molar-refractivity contribution in [2.24, 2.45) is 0 Å². The number of ether oxygens (including phenoxy) is 1. The molecule has 5 heteroatoms. The van der Waals surface area contributed by atoms with E-state index in [1.54, 1.807) is 12.1 Å². The van der Waals surface area contributed by atoms with Crippen molar-refractivity contribution < 1.29 is 14.3 Å². The lowest BCUT2D eigenvalue weighted by atomic mass is 9.95. The summed E-state index contributed by atoms with van der Waals surface area (Å²) in [4.78, 5) is 22.8. The van der Waals surface area contributed by atoms with Gasteiger partial charge in [0.05, 0.1) is 7.11 Å². The molecule has 0 radical (unpaired) electrons. The van der Waals surface area contributed by atoms with Crippen LogP contribution >= 0.6 is 23.2 Å². The molecule has 0 fully saturated rings. The number of halogens is 2. The topological polar surface area (TPSA) is 43.4 Å². The third kappa shape index (κ3) is 2.74. The maximum Gasteiger partial charge on any atom is 0.320 e. The first-order chi connectivity index (χ1) is 7.47. The Balaban J connectivity index is 3.21. The van der Waals surface area contributed by atoms with Gasteiger partial charge in [-0.1, -0.05) is 29.3 Å². The van der Waals surface area contributed by atoms with Gasteiger partial charge in [-0.25, -0.2) is 0 Å². The lowest BCUT2D eigenvalue weighted by Gasteiger charge is -2.13. The predicted octanol–water partition coefficient (Wildman–Crippen LogP) is 2.84. The van der Waals surface area contributed by atoms with Gasteiger partial charge in [-0.3, -0.25) is 9.59 Å². The fourth-order valence-electron chi connectivity index (χ4n) is 1.37. The summed E-state index contributed by atoms with van der Waals surface area (Å²) in [5.41, 5.74) is 0.408. The zero-order valence-corrected chi connectivity index (χ0v) is 10.3. The molecule has 1 unspecified atom stereocenters. The highest BCUT2D eigenvalue weighted by Crippen LogP contribution is 2.29. The van der Waals surface area contributed by atoms with Gasteiger partial charge in [0.2, 0.25) is 0 Å². The van der Waals surface area contributed by atoms with Crippen LogP contribution in [0.3, 0.4) is 0 Å². The minimum atomic E-state index is -0.991. The third-order valence-corrected chi connectivity index (χ3v) is 2.68. The molecule has 1 aromatic rings. The van der Waals surface area contributed by atoms with Gasteiger partial charge in [-0.05, 0) is 24.6 Å². The van der Waals surface area contributed by atoms with Crippen molar-refractivity contribution >= 4 is 35.0 Å². The molecular formula is C11H10Cl2O3. The summed E-state index contributed by atoms with van der Waals surface area (Å²) in [6, 6.07) is 4.60. The number of ketones is 1. The van der Waals surface area contributed by atoms with E-state index >= 15 is 0 Å². The van der Waals surface area contributed by atoms with Crippen molar-refractivity contribution in [2.75, 3.05) is 7.11 Å². The maximum absolute atomic E-state index is 11.5. The number of methoxy groups -OCH3 is 1. The summed E-state index contributed by atoms with van der Waals surface area (Å²) < 4.78 is 4.56. The Morgan fingerprint density at radius 1 is 1.31 bits per heavy atom. The molecule has 0 aliphatic heterocycles. The predicted molar refractivity (Wildman–Crippen MR) is 61.9 cm³/mol. The SMILES string of the molecule is COC(=O)C(C(C)=O)c1ccc(Cl)cc1Cl. The zero-order valence-electron chi connectivity index (χ0n) is 8.79. The second kappa shape index (κ2) is 5.32. The van der Waals surface area contributed by atoms with Crippen LogP contribution in [0.5, 0.6) is 0 Å². The molecule has 1 atom stereocenters. The third-order valence-electron chi connectivity index (χ3n) is 2.12. The first-order valence-corrected chi connectivity index (χ1v) is 5.26. The van der Waals surface area contributed by atoms with Gasteiger partial charge in [-0.15, -0.1) is 0 Å². The van der Waals surface area contributed by atoms with Crippen LogP contribution < -0.4 is 0 Å². The lowest BCUT2D eigenvalue weighted by molar-refractivity contribution is -0.145. The fraction of sp³-hybridized carbons (Fsp3) is 0.273. The highest BCUT2D eigenvalue weighted by molar-refractivity contribution is 6.35. The van der Waals surface area contributed by atoms with E-state index in [2.05, 4.69) is 4.74 Å². The number of benzene rings is 1. The summed E-state index contributed by atoms with van der Waals surface area (Å²) in [5.74, 6) is -1.94. The molecule has 0 aromatic heterocycles. The van der Waals surface area contributed by atoms with E-state index in [-0.39, 0.29) is 10.8 Å². The van der Waals surface area contributed by atoms with Gasteiger partial charge in [0.25, 0.3) is 0 Å². The van der Waals surface area contributed by atoms with E-state index in [1.165, 1.54) is 20.1 Å². The molecule has 0 saturated carbocycles. The molecule has 86 valence electrons. The molecule has 1 rings (SSSR count). The van der Waals surface area contributed by atoms with Gasteiger partial charge in [0.15, 0.2) is 0 Å². The Hall–Kier alpha value is -1.06. The van der Waals surface area contributed by atoms with E-state index in [0.29, 0.717) is 10.6 Å². The second-order valence-corrected chi connectivity index (χ2v) is 4.08. The number of carbonyl (C=O) groups is 2. The van der Waals surface area contributed by atoms with Crippen molar-refractivity contribution in [1.82, 2.24) is 0 Å². The van der Waals surface area contributed by atoms with Gasteiger partial charge < -0.3 is 4.74 Å². The minimum Gasteiger partial charge on any atom is -0.468 e. The molecule has 0 aliphatic carbocycles. The summed E-state index contributed by atoms with van der Waals surface area (Å²) in [6.07, 6.45) is 0. The van der Waals surface area contributed by atoms with E-state index in [0.717, 1.165) is 0 Å². The zero-order chi connectivity index (χ0) is 12.3. The number of esters is 1. The largest absolute Gasteiger partial charge is 0.468 e. The Kier molecular flexibility index (Phi) is 4.33. The van der Waals surface area contributed by atoms with Crippen LogP contribution in [0.25, 0.3) is 0 Å². The van der Waals surface area contributed by atoms with E-state index < -0.39 is 11.9 Å². The number of carbonyl (C=O) groups excluding carboxylic acids is 2. The van der Waals surface area contributed by atoms with Crippen molar-refractivity contribution in [1.29, 1.82) is 0 Å². The highest BCUT2D eigenvalue weighted by atomic mass is 35.5. The van der Waals surface area contributed by atoms with Crippen molar-refractivity contribution in [3.05, 3.63) is 33.8 Å². The van der Waals surface area contributed by atoms with Gasteiger partial charge in [0.1, 0.15) is 11.7 Å². The van der Waals surface area contributed by atoms with Crippen LogP contribution in [0, 0.1) is 0 Å². The molecule has 0 spiro atoms. The van der Waals surface area contributed by atoms with Crippen molar-refractivity contribution in [2.45, 2.75) is 12.8 Å². The van der Waals surface area contributed by atoms with Crippen molar-refractivity contribution in [3.8, 4) is 0 Å². The van der Waals surface area contributed by atoms with E-state index in [9.17, 15) is 9.59 Å². The molecular weight excluding hydrogens is 251 g/mol. The molecule has 0 N–H and O–H groups in total. The molecule has 16 heavy (non-hydrogen) atoms. The highest BCUT2D eigenvalue weighted by Gasteiger charge is 2.28. The first-order valence-electron chi connectivity index (χ1n) is 4.50. The minimum absolute atomic E-state index is 0.276. The first kappa shape index (κ1) is 13.0. The molecule has 3 nitrogen and oxygen atoms in total. The van der Waals surface area contributed by atoms with E-state index in [1.807, 2.05) is 0 Å². The molecule has 0 aliphatic rings. The average molecular weight is 261 g/mol. The molecule has 1 aromatic carbocycles. The second-order valence-electron chi connectivity index (χ2n) is 3.23. The van der Waals surface area contributed by atoms with Crippen LogP contribution in [0.4, 0.5) is 0 Å². The van der Waals surface area contributed by atoms with Gasteiger partial charge in [0, 0.05) is 10.0 Å². The van der Waals surface area contributed by atoms with Crippen LogP contribution in [-0.2, 0) is 14.3 Å². The van der Waals surface area contributed by atoms with Gasteiger partial charge in [-0.2, -0.15) is 0 Å². The number of Topliss-reactive ketones (excluding diaryl/α,β-unsaturated/α-hetero) is 1. The summed E-state index contributed by atoms with van der Waals surface area (Å²) in [5, 5.41) is 0.721. The maximum atomic E-state index is 11.5. The van der Waals surface area contributed by atoms with Crippen LogP contribution in [-0.4, -0.2) is 18.9 Å². The van der Waals surface area contributed by atoms with Crippen LogP contribution in [0.2, 0.25) is 10.0 Å². The Morgan fingerprint density at radius 3 is 2.38 bits per heavy atom. The lowest BCUT2D eigenvalue weighted by Crippen LogP contribution is -2.21. The quantitative estimate of drug-likeness (QED) is 0.620. The van der Waals surface area contributed by atoms with Gasteiger partial charge >= 0.3 is 5.97 Å². The normalized spacial score (nSPS) is 12.0. The number of hydrogen-bond donors (Lipinski definition) is 0. The van der Waals surface area contributed by atoms with Crippen LogP contribution in [0.1, 0.15) is 18.4 Å². The summed E-state index contributed by atoms with van der Waals surface area (Å²) >= 11 is 11.7. The van der Waals surface area contributed by atoms with E-state index in [4.69, 9.17) is 23.2 Å². The Morgan fingerprint density at radius 2 is 1.94 bits per heavy atom. The fourth-order valence-corrected chi connectivity index (χ4v) is 1.88. The Labute approximate surface area is 103 Å². The molecule has 0 heterocycles. The average Bonchev–Trinajstić information content (AvgIpc) is 2.21.